The number of ether oxygens (including phenoxy) is 1. The minimum absolute atomic E-state index is 0.142. The largest absolute Gasteiger partial charge is 0.444 e. The van der Waals surface area contributed by atoms with Gasteiger partial charge in [0.2, 0.25) is 0 Å². The van der Waals surface area contributed by atoms with Gasteiger partial charge in [0.25, 0.3) is 0 Å². The zero-order valence-corrected chi connectivity index (χ0v) is 17.1. The summed E-state index contributed by atoms with van der Waals surface area (Å²) < 4.78 is 22.1. The molecule has 6 nitrogen and oxygen atoms in total. The molecule has 2 aliphatic heterocycles. The van der Waals surface area contributed by atoms with Crippen molar-refractivity contribution in [2.45, 2.75) is 64.1 Å². The normalized spacial score (nSPS) is 25.8. The Balaban J connectivity index is 1.72. The Morgan fingerprint density at radius 1 is 1.41 bits per heavy atom. The average Bonchev–Trinajstić information content (AvgIpc) is 2.77. The minimum atomic E-state index is -0.516. The number of fused-ring (bicyclic) bond motifs is 2. The number of piperazine rings is 1. The van der Waals surface area contributed by atoms with Crippen molar-refractivity contribution in [3.63, 3.8) is 0 Å². The van der Waals surface area contributed by atoms with Crippen molar-refractivity contribution >= 4 is 23.7 Å². The summed E-state index contributed by atoms with van der Waals surface area (Å²) in [5.41, 5.74) is 6.28. The molecular weight excluding hydrogens is 367 g/mol. The Morgan fingerprint density at radius 3 is 2.89 bits per heavy atom. The second kappa shape index (κ2) is 8.22. The minimum Gasteiger partial charge on any atom is -0.444 e. The fraction of sp³-hybridized carbons (Fsp3) is 0.684. The number of nitrogens with two attached hydrogens (primary N) is 1. The molecule has 150 valence electrons. The number of aromatic nitrogens is 1. The molecule has 0 saturated carbocycles. The van der Waals surface area contributed by atoms with Crippen molar-refractivity contribution in [2.75, 3.05) is 24.6 Å². The van der Waals surface area contributed by atoms with Gasteiger partial charge in [-0.15, -0.1) is 0 Å². The molecule has 0 aliphatic carbocycles. The van der Waals surface area contributed by atoms with E-state index in [9.17, 15) is 9.18 Å². The van der Waals surface area contributed by atoms with Crippen molar-refractivity contribution < 1.29 is 13.9 Å². The van der Waals surface area contributed by atoms with Gasteiger partial charge in [-0.1, -0.05) is 11.9 Å². The van der Waals surface area contributed by atoms with Crippen LogP contribution in [0.1, 0.15) is 45.6 Å². The number of anilines is 1. The van der Waals surface area contributed by atoms with E-state index in [4.69, 9.17) is 10.5 Å². The van der Waals surface area contributed by atoms with Gasteiger partial charge in [-0.25, -0.2) is 13.5 Å². The molecule has 8 heteroatoms. The van der Waals surface area contributed by atoms with Crippen molar-refractivity contribution in [2.24, 2.45) is 0 Å². The molecule has 2 bridgehead atoms. The zero-order valence-electron chi connectivity index (χ0n) is 16.3. The van der Waals surface area contributed by atoms with Gasteiger partial charge < -0.3 is 15.4 Å². The van der Waals surface area contributed by atoms with Crippen LogP contribution in [-0.4, -0.2) is 56.8 Å². The summed E-state index contributed by atoms with van der Waals surface area (Å²) in [6, 6.07) is 0.317. The van der Waals surface area contributed by atoms with E-state index < -0.39 is 5.60 Å². The number of rotatable bonds is 3. The highest BCUT2D eigenvalue weighted by molar-refractivity contribution is 7.97. The van der Waals surface area contributed by atoms with Gasteiger partial charge in [0.1, 0.15) is 11.4 Å². The molecule has 0 radical (unpaired) electrons. The number of carbonyl (C=O) groups excluding carboxylic acids is 1. The third-order valence-electron chi connectivity index (χ3n) is 4.98. The van der Waals surface area contributed by atoms with Gasteiger partial charge in [0, 0.05) is 36.5 Å². The third-order valence-corrected chi connectivity index (χ3v) is 6.23. The summed E-state index contributed by atoms with van der Waals surface area (Å²) in [7, 11) is 0. The summed E-state index contributed by atoms with van der Waals surface area (Å²) >= 11 is 1.83. The predicted octanol–water partition coefficient (Wildman–Crippen LogP) is 3.47. The monoisotopic (exact) mass is 396 g/mol. The van der Waals surface area contributed by atoms with E-state index in [1.165, 1.54) is 12.4 Å². The molecule has 1 amide bonds. The molecule has 2 fully saturated rings. The van der Waals surface area contributed by atoms with Crippen LogP contribution in [0, 0.1) is 5.82 Å². The summed E-state index contributed by atoms with van der Waals surface area (Å²) in [6.45, 7) is 7.08. The molecule has 2 saturated heterocycles. The van der Waals surface area contributed by atoms with E-state index in [0.29, 0.717) is 24.2 Å². The lowest BCUT2D eigenvalue weighted by molar-refractivity contribution is -0.00221. The van der Waals surface area contributed by atoms with E-state index in [2.05, 4.69) is 9.29 Å². The van der Waals surface area contributed by atoms with Crippen LogP contribution in [0.25, 0.3) is 0 Å². The van der Waals surface area contributed by atoms with Gasteiger partial charge in [0.05, 0.1) is 18.1 Å². The molecule has 1 aromatic rings. The van der Waals surface area contributed by atoms with Crippen LogP contribution >= 0.6 is 11.9 Å². The molecule has 1 aromatic heterocycles. The molecular formula is C19H29FN4O2S. The highest BCUT2D eigenvalue weighted by Crippen LogP contribution is 2.32. The Bertz CT molecular complexity index is 662. The summed E-state index contributed by atoms with van der Waals surface area (Å²) in [6.07, 6.45) is 5.75. The first-order valence-electron chi connectivity index (χ1n) is 9.51. The molecule has 2 aliphatic rings. The Morgan fingerprint density at radius 2 is 2.19 bits per heavy atom. The van der Waals surface area contributed by atoms with Crippen molar-refractivity contribution in [3.05, 3.63) is 23.8 Å². The number of nitrogens with zero attached hydrogens (tertiary/aromatic N) is 3. The Hall–Kier alpha value is -1.54. The fourth-order valence-electron chi connectivity index (χ4n) is 3.66. The molecule has 3 atom stereocenters. The first kappa shape index (κ1) is 20.2. The first-order chi connectivity index (χ1) is 12.7. The lowest BCUT2D eigenvalue weighted by Gasteiger charge is -2.44. The number of hydrogen-bond donors (Lipinski definition) is 1. The number of hydrogen-bond acceptors (Lipinski definition) is 6. The van der Waals surface area contributed by atoms with E-state index in [1.807, 2.05) is 37.6 Å². The molecule has 2 N–H and O–H groups in total. The maximum atomic E-state index is 14.1. The first-order valence-corrected chi connectivity index (χ1v) is 10.5. The lowest BCUT2D eigenvalue weighted by Crippen LogP contribution is -2.58. The van der Waals surface area contributed by atoms with Crippen molar-refractivity contribution in [3.8, 4) is 0 Å². The molecule has 27 heavy (non-hydrogen) atoms. The number of carbonyl (C=O) groups is 1. The van der Waals surface area contributed by atoms with Gasteiger partial charge in [-0.2, -0.15) is 0 Å². The summed E-state index contributed by atoms with van der Waals surface area (Å²) in [5.74, 6) is 0.678. The lowest BCUT2D eigenvalue weighted by atomic mass is 9.99. The van der Waals surface area contributed by atoms with Crippen LogP contribution in [-0.2, 0) is 11.2 Å². The quantitative estimate of drug-likeness (QED) is 0.789. The van der Waals surface area contributed by atoms with E-state index in [0.717, 1.165) is 31.6 Å². The number of amides is 1. The van der Waals surface area contributed by atoms with Gasteiger partial charge >= 0.3 is 6.09 Å². The maximum Gasteiger partial charge on any atom is 0.410 e. The number of pyridine rings is 1. The van der Waals surface area contributed by atoms with Gasteiger partial charge in [0.15, 0.2) is 0 Å². The van der Waals surface area contributed by atoms with Crippen LogP contribution < -0.4 is 5.73 Å². The van der Waals surface area contributed by atoms with Crippen LogP contribution in [0.3, 0.4) is 0 Å². The second-order valence-corrected chi connectivity index (χ2v) is 9.38. The Kier molecular flexibility index (Phi) is 6.15. The van der Waals surface area contributed by atoms with E-state index in [-0.39, 0.29) is 24.0 Å². The number of nitrogen functional groups attached to an aromatic ring is 1. The van der Waals surface area contributed by atoms with Gasteiger partial charge in [-0.05, 0) is 46.5 Å². The van der Waals surface area contributed by atoms with Crippen LogP contribution in [0.15, 0.2) is 12.4 Å². The maximum absolute atomic E-state index is 14.1. The van der Waals surface area contributed by atoms with Crippen molar-refractivity contribution in [1.82, 2.24) is 14.2 Å². The SMILES string of the molecule is CC(C)(C)OC(=O)N1C[C@H](CCc2c(N)cncc2F)N2C[C@H]1CCCS2. The van der Waals surface area contributed by atoms with Gasteiger partial charge in [-0.3, -0.25) is 4.98 Å². The van der Waals surface area contributed by atoms with Crippen LogP contribution in [0.5, 0.6) is 0 Å². The molecule has 0 spiro atoms. The topological polar surface area (TPSA) is 71.7 Å². The molecule has 3 rings (SSSR count). The van der Waals surface area contributed by atoms with E-state index in [1.54, 1.807) is 0 Å². The molecule has 0 aromatic carbocycles. The smallest absolute Gasteiger partial charge is 0.410 e. The summed E-state index contributed by atoms with van der Waals surface area (Å²) in [5, 5.41) is 0. The van der Waals surface area contributed by atoms with E-state index >= 15 is 0 Å². The second-order valence-electron chi connectivity index (χ2n) is 8.24. The van der Waals surface area contributed by atoms with Crippen LogP contribution in [0.2, 0.25) is 0 Å². The third kappa shape index (κ3) is 5.04. The highest BCUT2D eigenvalue weighted by Gasteiger charge is 2.39. The molecule has 1 unspecified atom stereocenters. The predicted molar refractivity (Wildman–Crippen MR) is 106 cm³/mol. The van der Waals surface area contributed by atoms with Crippen LogP contribution in [0.4, 0.5) is 14.9 Å². The fourth-order valence-corrected chi connectivity index (χ4v) is 4.85. The average molecular weight is 397 g/mol. The zero-order chi connectivity index (χ0) is 19.6. The summed E-state index contributed by atoms with van der Waals surface area (Å²) in [4.78, 5) is 18.4. The molecule has 3 heterocycles. The number of halogens is 1. The standard InChI is InChI=1S/C19H29FN4O2S/c1-19(2,3)26-18(25)23-11-14(24-12-13(23)5-4-8-27-24)6-7-15-16(20)9-22-10-17(15)21/h9-10,13-14H,4-8,11-12,21H2,1-3H3/t13-,14+/m1/s1. The highest BCUT2D eigenvalue weighted by atomic mass is 32.2. The van der Waals surface area contributed by atoms with Crippen molar-refractivity contribution in [1.29, 1.82) is 0 Å². The Labute approximate surface area is 164 Å².